The van der Waals surface area contributed by atoms with Gasteiger partial charge in [-0.25, -0.2) is 9.37 Å². The second-order valence-corrected chi connectivity index (χ2v) is 5.64. The van der Waals surface area contributed by atoms with Gasteiger partial charge in [0.25, 0.3) is 5.78 Å². The van der Waals surface area contributed by atoms with Crippen molar-refractivity contribution < 1.29 is 9.13 Å². The van der Waals surface area contributed by atoms with Gasteiger partial charge < -0.3 is 4.74 Å². The second-order valence-electron chi connectivity index (χ2n) is 5.64. The first kappa shape index (κ1) is 15.3. The summed E-state index contributed by atoms with van der Waals surface area (Å²) in [7, 11) is 1.63. The highest BCUT2D eigenvalue weighted by atomic mass is 19.1. The maximum Gasteiger partial charge on any atom is 0.253 e. The van der Waals surface area contributed by atoms with Crippen LogP contribution in [0.5, 0.6) is 5.75 Å². The number of fused-ring (bicyclic) bond motifs is 1. The lowest BCUT2D eigenvalue weighted by atomic mass is 10.1. The van der Waals surface area contributed by atoms with Gasteiger partial charge in [0.2, 0.25) is 0 Å². The van der Waals surface area contributed by atoms with Crippen LogP contribution in [0.2, 0.25) is 0 Å². The predicted octanol–water partition coefficient (Wildman–Crippen LogP) is 3.91. The number of methoxy groups -OCH3 is 1. The summed E-state index contributed by atoms with van der Waals surface area (Å²) in [6, 6.07) is 15.9. The Kier molecular flexibility index (Phi) is 3.65. The summed E-state index contributed by atoms with van der Waals surface area (Å²) >= 11 is 0. The third-order valence-corrected chi connectivity index (χ3v) is 3.92. The molecule has 0 saturated heterocycles. The van der Waals surface area contributed by atoms with Crippen LogP contribution in [0, 0.1) is 12.7 Å². The lowest BCUT2D eigenvalue weighted by molar-refractivity contribution is 0.415. The largest absolute Gasteiger partial charge is 0.497 e. The molecule has 2 aromatic heterocycles. The molecule has 0 N–H and O–H groups in total. The highest BCUT2D eigenvalue weighted by molar-refractivity contribution is 5.70. The van der Waals surface area contributed by atoms with Gasteiger partial charge in [-0.3, -0.25) is 0 Å². The molecule has 0 unspecified atom stereocenters. The van der Waals surface area contributed by atoms with Gasteiger partial charge in [-0.1, -0.05) is 12.1 Å². The first-order valence-electron chi connectivity index (χ1n) is 7.79. The van der Waals surface area contributed by atoms with Gasteiger partial charge in [-0.2, -0.15) is 9.50 Å². The fourth-order valence-electron chi connectivity index (χ4n) is 2.73. The maximum absolute atomic E-state index is 13.7. The van der Waals surface area contributed by atoms with Gasteiger partial charge in [0, 0.05) is 11.1 Å². The standard InChI is InChI=1S/C19H15FN4O/c1-12-21-19-22-17(13-6-8-16(25-2)9-7-13)11-18(24(19)23-12)14-4-3-5-15(20)10-14/h3-11H,1-2H3. The Morgan fingerprint density at radius 2 is 1.76 bits per heavy atom. The number of aryl methyl sites for hydroxylation is 1. The number of nitrogens with zero attached hydrogens (tertiary/aromatic N) is 4. The van der Waals surface area contributed by atoms with E-state index in [1.807, 2.05) is 36.4 Å². The molecule has 4 rings (SSSR count). The average Bonchev–Trinajstić information content (AvgIpc) is 3.01. The molecule has 5 nitrogen and oxygen atoms in total. The first-order chi connectivity index (χ1) is 12.1. The molecule has 0 bridgehead atoms. The number of benzene rings is 2. The number of hydrogen-bond acceptors (Lipinski definition) is 4. The van der Waals surface area contributed by atoms with Gasteiger partial charge in [0.15, 0.2) is 0 Å². The zero-order valence-electron chi connectivity index (χ0n) is 13.8. The first-order valence-corrected chi connectivity index (χ1v) is 7.79. The molecule has 0 radical (unpaired) electrons. The summed E-state index contributed by atoms with van der Waals surface area (Å²) in [5.41, 5.74) is 3.10. The molecule has 0 aliphatic rings. The van der Waals surface area contributed by atoms with Gasteiger partial charge in [-0.05, 0) is 49.4 Å². The van der Waals surface area contributed by atoms with Crippen molar-refractivity contribution in [3.63, 3.8) is 0 Å². The van der Waals surface area contributed by atoms with Crippen molar-refractivity contribution in [2.24, 2.45) is 0 Å². The minimum absolute atomic E-state index is 0.301. The normalized spacial score (nSPS) is 11.0. The Bertz CT molecular complexity index is 1060. The van der Waals surface area contributed by atoms with Crippen LogP contribution in [-0.4, -0.2) is 26.7 Å². The van der Waals surface area contributed by atoms with Crippen molar-refractivity contribution in [1.29, 1.82) is 0 Å². The van der Waals surface area contributed by atoms with E-state index < -0.39 is 0 Å². The zero-order chi connectivity index (χ0) is 17.4. The molecule has 0 fully saturated rings. The van der Waals surface area contributed by atoms with Crippen LogP contribution < -0.4 is 4.74 Å². The van der Waals surface area contributed by atoms with Gasteiger partial charge in [-0.15, -0.1) is 5.10 Å². The molecular formula is C19H15FN4O. The zero-order valence-corrected chi connectivity index (χ0v) is 13.8. The van der Waals surface area contributed by atoms with Crippen LogP contribution in [0.4, 0.5) is 4.39 Å². The lowest BCUT2D eigenvalue weighted by Crippen LogP contribution is -1.99. The second kappa shape index (κ2) is 5.98. The maximum atomic E-state index is 13.7. The van der Waals surface area contributed by atoms with Crippen LogP contribution in [0.15, 0.2) is 54.6 Å². The molecule has 0 aliphatic carbocycles. The lowest BCUT2D eigenvalue weighted by Gasteiger charge is -2.08. The molecule has 4 aromatic rings. The summed E-state index contributed by atoms with van der Waals surface area (Å²) in [6.07, 6.45) is 0. The fourth-order valence-corrected chi connectivity index (χ4v) is 2.73. The number of rotatable bonds is 3. The minimum atomic E-state index is -0.301. The summed E-state index contributed by atoms with van der Waals surface area (Å²) in [5, 5.41) is 4.38. The summed E-state index contributed by atoms with van der Waals surface area (Å²) in [4.78, 5) is 8.95. The molecule has 0 spiro atoms. The smallest absolute Gasteiger partial charge is 0.253 e. The average molecular weight is 334 g/mol. The molecule has 0 saturated carbocycles. The van der Waals surface area contributed by atoms with Gasteiger partial charge >= 0.3 is 0 Å². The predicted molar refractivity (Wildman–Crippen MR) is 92.9 cm³/mol. The number of halogens is 1. The fraction of sp³-hybridized carbons (Fsp3) is 0.105. The Hall–Kier alpha value is -3.28. The molecular weight excluding hydrogens is 319 g/mol. The van der Waals surface area contributed by atoms with Crippen LogP contribution in [0.1, 0.15) is 5.82 Å². The molecule has 25 heavy (non-hydrogen) atoms. The number of ether oxygens (including phenoxy) is 1. The Morgan fingerprint density at radius 1 is 0.960 bits per heavy atom. The van der Waals surface area contributed by atoms with Crippen LogP contribution in [0.25, 0.3) is 28.3 Å². The monoisotopic (exact) mass is 334 g/mol. The van der Waals surface area contributed by atoms with Crippen LogP contribution in [-0.2, 0) is 0 Å². The van der Waals surface area contributed by atoms with Crippen molar-refractivity contribution in [3.8, 4) is 28.3 Å². The topological polar surface area (TPSA) is 52.3 Å². The highest BCUT2D eigenvalue weighted by Crippen LogP contribution is 2.27. The van der Waals surface area contributed by atoms with E-state index in [2.05, 4.69) is 15.1 Å². The van der Waals surface area contributed by atoms with E-state index in [-0.39, 0.29) is 5.82 Å². The Balaban J connectivity index is 1.94. The van der Waals surface area contributed by atoms with E-state index >= 15 is 0 Å². The third kappa shape index (κ3) is 2.82. The molecule has 6 heteroatoms. The summed E-state index contributed by atoms with van der Waals surface area (Å²) in [5.74, 6) is 1.56. The number of hydrogen-bond donors (Lipinski definition) is 0. The molecule has 2 aromatic carbocycles. The van der Waals surface area contributed by atoms with Crippen molar-refractivity contribution in [1.82, 2.24) is 19.6 Å². The van der Waals surface area contributed by atoms with E-state index in [1.54, 1.807) is 24.6 Å². The quantitative estimate of drug-likeness (QED) is 0.570. The van der Waals surface area contributed by atoms with E-state index in [1.165, 1.54) is 12.1 Å². The van der Waals surface area contributed by atoms with Crippen molar-refractivity contribution in [3.05, 3.63) is 66.2 Å². The highest BCUT2D eigenvalue weighted by Gasteiger charge is 2.13. The molecule has 2 heterocycles. The third-order valence-electron chi connectivity index (χ3n) is 3.92. The van der Waals surface area contributed by atoms with Crippen molar-refractivity contribution >= 4 is 5.78 Å². The summed E-state index contributed by atoms with van der Waals surface area (Å²) < 4.78 is 20.5. The van der Waals surface area contributed by atoms with Crippen molar-refractivity contribution in [2.45, 2.75) is 6.92 Å². The SMILES string of the molecule is COc1ccc(-c2cc(-c3cccc(F)c3)n3nc(C)nc3n2)cc1. The minimum Gasteiger partial charge on any atom is -0.497 e. The van der Waals surface area contributed by atoms with Crippen LogP contribution >= 0.6 is 0 Å². The van der Waals surface area contributed by atoms with Gasteiger partial charge in [0.1, 0.15) is 17.4 Å². The van der Waals surface area contributed by atoms with E-state index in [9.17, 15) is 4.39 Å². The van der Waals surface area contributed by atoms with Crippen molar-refractivity contribution in [2.75, 3.05) is 7.11 Å². The van der Waals surface area contributed by atoms with Crippen LogP contribution in [0.3, 0.4) is 0 Å². The molecule has 0 atom stereocenters. The van der Waals surface area contributed by atoms with E-state index in [4.69, 9.17) is 4.74 Å². The molecule has 0 aliphatic heterocycles. The Morgan fingerprint density at radius 3 is 2.48 bits per heavy atom. The molecule has 0 amide bonds. The van der Waals surface area contributed by atoms with E-state index in [0.717, 1.165) is 22.7 Å². The summed E-state index contributed by atoms with van der Waals surface area (Å²) in [6.45, 7) is 1.80. The number of aromatic nitrogens is 4. The van der Waals surface area contributed by atoms with E-state index in [0.29, 0.717) is 17.2 Å². The molecule has 124 valence electrons. The Labute approximate surface area is 143 Å². The van der Waals surface area contributed by atoms with Gasteiger partial charge in [0.05, 0.1) is 18.5 Å².